The van der Waals surface area contributed by atoms with E-state index in [2.05, 4.69) is 13.8 Å². The number of rotatable bonds is 3. The maximum atomic E-state index is 12.4. The largest absolute Gasteiger partial charge is 0.348 e. The first kappa shape index (κ1) is 14.9. The quantitative estimate of drug-likeness (QED) is 0.803. The minimum Gasteiger partial charge on any atom is -0.348 e. The van der Waals surface area contributed by atoms with Crippen molar-refractivity contribution in [3.63, 3.8) is 0 Å². The average molecular weight is 296 g/mol. The molecule has 3 nitrogen and oxygen atoms in total. The number of ether oxygens (including phenoxy) is 2. The Labute approximate surface area is 130 Å². The van der Waals surface area contributed by atoms with E-state index in [9.17, 15) is 4.79 Å². The summed E-state index contributed by atoms with van der Waals surface area (Å²) in [6.45, 7) is 5.57. The molecule has 1 heterocycles. The molecule has 22 heavy (non-hydrogen) atoms. The summed E-state index contributed by atoms with van der Waals surface area (Å²) in [5.41, 5.74) is 2.37. The molecule has 114 valence electrons. The van der Waals surface area contributed by atoms with Gasteiger partial charge < -0.3 is 9.47 Å². The Balaban J connectivity index is 1.72. The molecule has 0 bridgehead atoms. The van der Waals surface area contributed by atoms with Crippen LogP contribution in [0.1, 0.15) is 41.6 Å². The van der Waals surface area contributed by atoms with Crippen molar-refractivity contribution in [1.82, 2.24) is 0 Å². The fourth-order valence-electron chi connectivity index (χ4n) is 2.43. The molecular formula is C19H20O3. The number of ketones is 1. The van der Waals surface area contributed by atoms with Crippen LogP contribution in [0.2, 0.25) is 0 Å². The van der Waals surface area contributed by atoms with Crippen LogP contribution < -0.4 is 0 Å². The SMILES string of the molecule is CC1(C)COC(c2ccc(C(=O)c3ccccc3)cc2)OC1. The molecule has 3 rings (SSSR count). The molecule has 0 unspecified atom stereocenters. The molecule has 0 atom stereocenters. The third-order valence-electron chi connectivity index (χ3n) is 3.73. The Morgan fingerprint density at radius 1 is 0.909 bits per heavy atom. The predicted octanol–water partition coefficient (Wildman–Crippen LogP) is 3.99. The van der Waals surface area contributed by atoms with E-state index < -0.39 is 0 Å². The predicted molar refractivity (Wildman–Crippen MR) is 84.7 cm³/mol. The zero-order valence-electron chi connectivity index (χ0n) is 12.9. The maximum absolute atomic E-state index is 12.4. The number of hydrogen-bond acceptors (Lipinski definition) is 3. The highest BCUT2D eigenvalue weighted by molar-refractivity contribution is 6.08. The van der Waals surface area contributed by atoms with Crippen molar-refractivity contribution >= 4 is 5.78 Å². The fourth-order valence-corrected chi connectivity index (χ4v) is 2.43. The molecule has 0 aromatic heterocycles. The van der Waals surface area contributed by atoms with Crippen LogP contribution in [0, 0.1) is 5.41 Å². The molecule has 1 aliphatic rings. The van der Waals surface area contributed by atoms with Crippen molar-refractivity contribution in [1.29, 1.82) is 0 Å². The topological polar surface area (TPSA) is 35.5 Å². The summed E-state index contributed by atoms with van der Waals surface area (Å²) in [6, 6.07) is 16.8. The van der Waals surface area contributed by atoms with Crippen LogP contribution in [-0.4, -0.2) is 19.0 Å². The average Bonchev–Trinajstić information content (AvgIpc) is 2.55. The number of hydrogen-bond donors (Lipinski definition) is 0. The van der Waals surface area contributed by atoms with Gasteiger partial charge in [0.15, 0.2) is 12.1 Å². The molecule has 0 N–H and O–H groups in total. The van der Waals surface area contributed by atoms with E-state index in [1.54, 1.807) is 0 Å². The Kier molecular flexibility index (Phi) is 4.10. The van der Waals surface area contributed by atoms with Gasteiger partial charge in [0.2, 0.25) is 0 Å². The van der Waals surface area contributed by atoms with Gasteiger partial charge in [0.1, 0.15) is 0 Å². The monoisotopic (exact) mass is 296 g/mol. The Bertz CT molecular complexity index is 634. The third kappa shape index (κ3) is 3.26. The van der Waals surface area contributed by atoms with Gasteiger partial charge in [-0.1, -0.05) is 68.4 Å². The molecule has 0 saturated carbocycles. The van der Waals surface area contributed by atoms with Crippen molar-refractivity contribution in [2.45, 2.75) is 20.1 Å². The third-order valence-corrected chi connectivity index (χ3v) is 3.73. The Morgan fingerprint density at radius 2 is 1.45 bits per heavy atom. The van der Waals surface area contributed by atoms with Gasteiger partial charge in [0, 0.05) is 22.1 Å². The van der Waals surface area contributed by atoms with Crippen LogP contribution in [0.5, 0.6) is 0 Å². The Hall–Kier alpha value is -1.97. The van der Waals surface area contributed by atoms with Crippen LogP contribution >= 0.6 is 0 Å². The van der Waals surface area contributed by atoms with E-state index in [0.29, 0.717) is 24.3 Å². The second-order valence-electron chi connectivity index (χ2n) is 6.44. The van der Waals surface area contributed by atoms with Crippen LogP contribution in [-0.2, 0) is 9.47 Å². The zero-order chi connectivity index (χ0) is 15.6. The van der Waals surface area contributed by atoms with E-state index in [1.807, 2.05) is 54.6 Å². The first-order valence-corrected chi connectivity index (χ1v) is 7.48. The van der Waals surface area contributed by atoms with E-state index in [4.69, 9.17) is 9.47 Å². The van der Waals surface area contributed by atoms with Crippen molar-refractivity contribution in [2.24, 2.45) is 5.41 Å². The van der Waals surface area contributed by atoms with Crippen molar-refractivity contribution in [2.75, 3.05) is 13.2 Å². The first-order chi connectivity index (χ1) is 10.6. The number of carbonyl (C=O) groups excluding carboxylic acids is 1. The van der Waals surface area contributed by atoms with E-state index >= 15 is 0 Å². The number of benzene rings is 2. The lowest BCUT2D eigenvalue weighted by Gasteiger charge is -2.34. The van der Waals surface area contributed by atoms with E-state index in [1.165, 1.54) is 0 Å². The van der Waals surface area contributed by atoms with E-state index in [0.717, 1.165) is 5.56 Å². The molecule has 0 aliphatic carbocycles. The molecule has 0 amide bonds. The lowest BCUT2D eigenvalue weighted by atomic mass is 9.95. The highest BCUT2D eigenvalue weighted by Crippen LogP contribution is 2.31. The molecular weight excluding hydrogens is 276 g/mol. The summed E-state index contributed by atoms with van der Waals surface area (Å²) in [5, 5.41) is 0. The van der Waals surface area contributed by atoms with Gasteiger partial charge in [-0.3, -0.25) is 4.79 Å². The van der Waals surface area contributed by atoms with Gasteiger partial charge in [0.25, 0.3) is 0 Å². The van der Waals surface area contributed by atoms with E-state index in [-0.39, 0.29) is 17.5 Å². The summed E-state index contributed by atoms with van der Waals surface area (Å²) in [5.74, 6) is 0.0266. The molecule has 0 spiro atoms. The molecule has 1 aliphatic heterocycles. The maximum Gasteiger partial charge on any atom is 0.193 e. The summed E-state index contributed by atoms with van der Waals surface area (Å²) >= 11 is 0. The molecule has 1 fully saturated rings. The van der Waals surface area contributed by atoms with Gasteiger partial charge >= 0.3 is 0 Å². The minimum atomic E-state index is -0.339. The lowest BCUT2D eigenvalue weighted by Crippen LogP contribution is -2.33. The highest BCUT2D eigenvalue weighted by Gasteiger charge is 2.29. The standard InChI is InChI=1S/C19H20O3/c1-19(2)12-21-18(22-13-19)16-10-8-15(9-11-16)17(20)14-6-4-3-5-7-14/h3-11,18H,12-13H2,1-2H3. The molecule has 0 radical (unpaired) electrons. The van der Waals surface area contributed by atoms with Gasteiger partial charge in [-0.2, -0.15) is 0 Å². The summed E-state index contributed by atoms with van der Waals surface area (Å²) < 4.78 is 11.5. The van der Waals surface area contributed by atoms with Crippen molar-refractivity contribution in [3.8, 4) is 0 Å². The van der Waals surface area contributed by atoms with Gasteiger partial charge in [-0.15, -0.1) is 0 Å². The van der Waals surface area contributed by atoms with Gasteiger partial charge in [-0.05, 0) is 0 Å². The summed E-state index contributed by atoms with van der Waals surface area (Å²) in [6.07, 6.45) is -0.339. The van der Waals surface area contributed by atoms with Crippen molar-refractivity contribution < 1.29 is 14.3 Å². The van der Waals surface area contributed by atoms with Crippen LogP contribution in [0.3, 0.4) is 0 Å². The lowest BCUT2D eigenvalue weighted by molar-refractivity contribution is -0.226. The smallest absolute Gasteiger partial charge is 0.193 e. The molecule has 2 aromatic rings. The summed E-state index contributed by atoms with van der Waals surface area (Å²) in [7, 11) is 0. The minimum absolute atomic E-state index is 0.0266. The fraction of sp³-hybridized carbons (Fsp3) is 0.316. The first-order valence-electron chi connectivity index (χ1n) is 7.48. The number of carbonyl (C=O) groups is 1. The van der Waals surface area contributed by atoms with Crippen molar-refractivity contribution in [3.05, 3.63) is 71.3 Å². The molecule has 2 aromatic carbocycles. The normalized spacial score (nSPS) is 18.1. The summed E-state index contributed by atoms with van der Waals surface area (Å²) in [4.78, 5) is 12.4. The van der Waals surface area contributed by atoms with Gasteiger partial charge in [-0.25, -0.2) is 0 Å². The molecule has 1 saturated heterocycles. The molecule has 3 heteroatoms. The van der Waals surface area contributed by atoms with Crippen LogP contribution in [0.4, 0.5) is 0 Å². The Morgan fingerprint density at radius 3 is 2.05 bits per heavy atom. The zero-order valence-corrected chi connectivity index (χ0v) is 12.9. The second kappa shape index (κ2) is 6.03. The highest BCUT2D eigenvalue weighted by atomic mass is 16.7. The van der Waals surface area contributed by atoms with Gasteiger partial charge in [0.05, 0.1) is 13.2 Å². The second-order valence-corrected chi connectivity index (χ2v) is 6.44. The van der Waals surface area contributed by atoms with Crippen LogP contribution in [0.25, 0.3) is 0 Å². The van der Waals surface area contributed by atoms with Crippen LogP contribution in [0.15, 0.2) is 54.6 Å².